The Morgan fingerprint density at radius 2 is 2.00 bits per heavy atom. The number of aromatic hydroxyl groups is 1. The highest BCUT2D eigenvalue weighted by atomic mass is 31.0. The summed E-state index contributed by atoms with van der Waals surface area (Å²) in [6, 6.07) is 3.54. The van der Waals surface area contributed by atoms with Gasteiger partial charge in [-0.2, -0.15) is 8.78 Å². The Kier molecular flexibility index (Phi) is 6.59. The van der Waals surface area contributed by atoms with Crippen molar-refractivity contribution in [3.05, 3.63) is 58.6 Å². The third-order valence-electron chi connectivity index (χ3n) is 6.78. The van der Waals surface area contributed by atoms with Gasteiger partial charge in [-0.1, -0.05) is 21.4 Å². The topological polar surface area (TPSA) is 137 Å². The number of nitrogens with zero attached hydrogens (tertiary/aromatic N) is 1. The number of alkyl halides is 2. The zero-order valence-corrected chi connectivity index (χ0v) is 20.7. The van der Waals surface area contributed by atoms with E-state index in [1.807, 2.05) is 11.0 Å². The molecule has 8 nitrogen and oxygen atoms in total. The summed E-state index contributed by atoms with van der Waals surface area (Å²) in [5.41, 5.74) is 9.88. The Balaban J connectivity index is 1.34. The number of phenolic OH excluding ortho intramolecular Hbond substituents is 1. The minimum Gasteiger partial charge on any atom is -0.507 e. The quantitative estimate of drug-likeness (QED) is 0.233. The van der Waals surface area contributed by atoms with Crippen molar-refractivity contribution < 1.29 is 23.8 Å². The number of nitrogens with two attached hydrogens (primary N) is 2. The molecule has 1 aromatic carbocycles. The van der Waals surface area contributed by atoms with Gasteiger partial charge in [0.15, 0.2) is 0 Å². The molecule has 2 bridgehead atoms. The minimum absolute atomic E-state index is 0.0479. The number of rotatable bonds is 8. The van der Waals surface area contributed by atoms with E-state index in [9.17, 15) is 23.8 Å². The van der Waals surface area contributed by atoms with E-state index >= 15 is 0 Å². The van der Waals surface area contributed by atoms with Crippen molar-refractivity contribution in [3.63, 3.8) is 0 Å². The third-order valence-corrected chi connectivity index (χ3v) is 7.11. The van der Waals surface area contributed by atoms with E-state index in [0.717, 1.165) is 24.7 Å². The monoisotopic (exact) mass is 507 g/mol. The van der Waals surface area contributed by atoms with Crippen LogP contribution in [0.4, 0.5) is 8.78 Å². The molecule has 4 aliphatic rings. The van der Waals surface area contributed by atoms with Crippen LogP contribution in [-0.4, -0.2) is 51.8 Å². The van der Waals surface area contributed by atoms with Crippen molar-refractivity contribution in [1.29, 1.82) is 0 Å². The summed E-state index contributed by atoms with van der Waals surface area (Å²) in [6.07, 6.45) is 6.30. The normalized spacial score (nSPS) is 27.2. The molecular formula is C24H32F2N5O3P. The Morgan fingerprint density at radius 1 is 1.31 bits per heavy atom. The average Bonchev–Trinajstić information content (AvgIpc) is 2.70. The fraction of sp³-hybridized carbons (Fsp3) is 0.458. The van der Waals surface area contributed by atoms with Crippen LogP contribution in [-0.2, 0) is 10.5 Å². The molecule has 1 heterocycles. The lowest BCUT2D eigenvalue weighted by atomic mass is 9.46. The molecule has 3 fully saturated rings. The number of aliphatic hydroxyl groups is 1. The zero-order valence-electron chi connectivity index (χ0n) is 19.6. The highest BCUT2D eigenvalue weighted by Gasteiger charge is 2.68. The first-order valence-electron chi connectivity index (χ1n) is 11.4. The standard InChI is InChI=1S/C24H32F2N5O3P/c1-14(21(28)17-5-4-15(8-18(17)32)24(25,26)35)7-19(27)29-16-3-2-6-31(9-16)10-20(33)30-22-11-23(34,12-22)13-22/h3-5,7-8,29,32,34H,2,6,9-13,27-28,35H2,1H3,(H,30,33)/b19-7+,21-14-. The van der Waals surface area contributed by atoms with E-state index in [2.05, 4.69) is 10.6 Å². The van der Waals surface area contributed by atoms with Gasteiger partial charge >= 0.3 is 0 Å². The number of carbonyl (C=O) groups is 1. The van der Waals surface area contributed by atoms with Crippen LogP contribution in [0.5, 0.6) is 5.75 Å². The molecule has 1 unspecified atom stereocenters. The Morgan fingerprint density at radius 3 is 2.60 bits per heavy atom. The molecule has 35 heavy (non-hydrogen) atoms. The summed E-state index contributed by atoms with van der Waals surface area (Å²) in [6.45, 7) is 3.23. The Labute approximate surface area is 205 Å². The van der Waals surface area contributed by atoms with Gasteiger partial charge in [-0.3, -0.25) is 9.69 Å². The van der Waals surface area contributed by atoms with Crippen molar-refractivity contribution in [1.82, 2.24) is 15.5 Å². The van der Waals surface area contributed by atoms with Crippen LogP contribution in [0.1, 0.15) is 43.7 Å². The number of amides is 1. The van der Waals surface area contributed by atoms with Crippen LogP contribution in [0.2, 0.25) is 0 Å². The molecule has 0 radical (unpaired) electrons. The van der Waals surface area contributed by atoms with Crippen molar-refractivity contribution in [3.8, 4) is 5.75 Å². The minimum atomic E-state index is -3.15. The first-order valence-corrected chi connectivity index (χ1v) is 12.0. The molecule has 0 aromatic heterocycles. The number of allylic oxidation sites excluding steroid dienone is 2. The second-order valence-electron chi connectivity index (χ2n) is 9.99. The summed E-state index contributed by atoms with van der Waals surface area (Å²) in [5, 5.41) is 26.2. The molecule has 5 rings (SSSR count). The number of benzene rings is 1. The van der Waals surface area contributed by atoms with Gasteiger partial charge in [0, 0.05) is 41.1 Å². The predicted molar refractivity (Wildman–Crippen MR) is 133 cm³/mol. The largest absolute Gasteiger partial charge is 0.507 e. The van der Waals surface area contributed by atoms with Crippen molar-refractivity contribution in [2.24, 2.45) is 11.5 Å². The lowest BCUT2D eigenvalue weighted by molar-refractivity contribution is -0.220. The SMILES string of the molecule is CC(/C=C(\N)NC1=CCCN(CC(=O)NC23CC(O)(C2)C3)C1)=C(/N)c1ccc(C(F)(F)P)cc1O. The molecule has 8 N–H and O–H groups in total. The molecule has 1 amide bonds. The molecule has 0 spiro atoms. The van der Waals surface area contributed by atoms with Gasteiger partial charge in [0.2, 0.25) is 5.91 Å². The van der Waals surface area contributed by atoms with Crippen LogP contribution in [0.25, 0.3) is 5.70 Å². The first-order chi connectivity index (χ1) is 16.3. The van der Waals surface area contributed by atoms with E-state index in [-0.39, 0.29) is 40.6 Å². The van der Waals surface area contributed by atoms with E-state index in [4.69, 9.17) is 11.5 Å². The molecule has 3 aliphatic carbocycles. The number of phenols is 1. The molecule has 11 heteroatoms. The maximum Gasteiger partial charge on any atom is 0.284 e. The second kappa shape index (κ2) is 9.08. The molecule has 190 valence electrons. The molecule has 1 atom stereocenters. The van der Waals surface area contributed by atoms with Crippen molar-refractivity contribution in [2.75, 3.05) is 19.6 Å². The number of hydrogen-bond acceptors (Lipinski definition) is 7. The smallest absolute Gasteiger partial charge is 0.284 e. The van der Waals surface area contributed by atoms with Crippen LogP contribution in [0.15, 0.2) is 47.4 Å². The molecular weight excluding hydrogens is 475 g/mol. The maximum absolute atomic E-state index is 13.5. The summed E-state index contributed by atoms with van der Waals surface area (Å²) in [4.78, 5) is 14.5. The summed E-state index contributed by atoms with van der Waals surface area (Å²) < 4.78 is 26.9. The van der Waals surface area contributed by atoms with E-state index < -0.39 is 11.3 Å². The van der Waals surface area contributed by atoms with E-state index in [0.29, 0.717) is 37.2 Å². The van der Waals surface area contributed by atoms with Crippen molar-refractivity contribution >= 4 is 20.8 Å². The van der Waals surface area contributed by atoms with Crippen LogP contribution >= 0.6 is 9.24 Å². The maximum atomic E-state index is 13.5. The Bertz CT molecular complexity index is 1110. The van der Waals surface area contributed by atoms with Crippen LogP contribution in [0, 0.1) is 0 Å². The predicted octanol–water partition coefficient (Wildman–Crippen LogP) is 1.77. The summed E-state index contributed by atoms with van der Waals surface area (Å²) in [5.74, 6) is -0.0793. The molecule has 1 aliphatic heterocycles. The fourth-order valence-corrected chi connectivity index (χ4v) is 5.33. The van der Waals surface area contributed by atoms with Crippen molar-refractivity contribution in [2.45, 2.75) is 49.4 Å². The molecule has 1 aromatic rings. The number of hydrogen-bond donors (Lipinski definition) is 6. The second-order valence-corrected chi connectivity index (χ2v) is 10.7. The van der Waals surface area contributed by atoms with Gasteiger partial charge < -0.3 is 32.3 Å². The average molecular weight is 508 g/mol. The fourth-order valence-electron chi connectivity index (χ4n) is 5.15. The number of carbonyl (C=O) groups excluding carboxylic acids is 1. The van der Waals surface area contributed by atoms with Gasteiger partial charge in [-0.15, -0.1) is 0 Å². The Hall–Kier alpha value is -2.68. The van der Waals surface area contributed by atoms with Gasteiger partial charge in [0.25, 0.3) is 5.66 Å². The van der Waals surface area contributed by atoms with Gasteiger partial charge in [0.1, 0.15) is 11.6 Å². The van der Waals surface area contributed by atoms with Gasteiger partial charge in [-0.25, -0.2) is 0 Å². The zero-order chi connectivity index (χ0) is 25.6. The van der Waals surface area contributed by atoms with E-state index in [1.165, 1.54) is 21.4 Å². The van der Waals surface area contributed by atoms with E-state index in [1.54, 1.807) is 13.0 Å². The highest BCUT2D eigenvalue weighted by molar-refractivity contribution is 7.17. The molecule has 0 saturated heterocycles. The molecule has 3 saturated carbocycles. The van der Waals surface area contributed by atoms with Gasteiger partial charge in [0.05, 0.1) is 12.1 Å². The van der Waals surface area contributed by atoms with Crippen LogP contribution in [0.3, 0.4) is 0 Å². The lowest BCUT2D eigenvalue weighted by Gasteiger charge is -2.67. The summed E-state index contributed by atoms with van der Waals surface area (Å²) in [7, 11) is 1.43. The first kappa shape index (κ1) is 25.4. The summed E-state index contributed by atoms with van der Waals surface area (Å²) >= 11 is 0. The van der Waals surface area contributed by atoms with Crippen LogP contribution < -0.4 is 22.1 Å². The third kappa shape index (κ3) is 5.60. The number of nitrogens with one attached hydrogen (secondary N) is 2. The number of halogens is 2. The lowest BCUT2D eigenvalue weighted by Crippen LogP contribution is -2.79. The highest BCUT2D eigenvalue weighted by Crippen LogP contribution is 2.60. The van der Waals surface area contributed by atoms with Gasteiger partial charge in [-0.05, 0) is 56.4 Å².